The minimum atomic E-state index is 0.0214. The van der Waals surface area contributed by atoms with Crippen LogP contribution >= 0.6 is 0 Å². The summed E-state index contributed by atoms with van der Waals surface area (Å²) in [5.74, 6) is 0.0428. The van der Waals surface area contributed by atoms with E-state index in [-0.39, 0.29) is 24.8 Å². The number of ketones is 2. The van der Waals surface area contributed by atoms with E-state index in [9.17, 15) is 9.59 Å². The summed E-state index contributed by atoms with van der Waals surface area (Å²) in [6.45, 7) is 0.314. The van der Waals surface area contributed by atoms with Crippen molar-refractivity contribution in [1.29, 1.82) is 0 Å². The first-order valence-corrected chi connectivity index (χ1v) is 6.83. The van der Waals surface area contributed by atoms with Crippen LogP contribution in [0.2, 0.25) is 0 Å². The molecule has 0 aliphatic carbocycles. The molecule has 0 atom stereocenters. The normalized spacial score (nSPS) is 9.55. The smallest absolute Gasteiger partial charge is 0.188 e. The molecule has 0 bridgehead atoms. The van der Waals surface area contributed by atoms with Gasteiger partial charge in [-0.3, -0.25) is 9.59 Å². The van der Waals surface area contributed by atoms with Gasteiger partial charge in [-0.15, -0.1) is 0 Å². The second-order valence-corrected chi connectivity index (χ2v) is 4.44. The molecule has 0 saturated heterocycles. The van der Waals surface area contributed by atoms with Gasteiger partial charge in [0.2, 0.25) is 0 Å². The molecule has 2 aromatic carbocycles. The van der Waals surface area contributed by atoms with Gasteiger partial charge in [0, 0.05) is 25.3 Å². The Balaban J connectivity index is 0.000000220. The maximum atomic E-state index is 11.1. The van der Waals surface area contributed by atoms with Crippen molar-refractivity contribution < 1.29 is 19.1 Å². The highest BCUT2D eigenvalue weighted by atomic mass is 16.5. The Hall–Kier alpha value is -2.30. The lowest BCUT2D eigenvalue weighted by molar-refractivity contribution is 0.0842. The van der Waals surface area contributed by atoms with E-state index in [1.165, 1.54) is 14.2 Å². The second-order valence-electron chi connectivity index (χ2n) is 4.44. The van der Waals surface area contributed by atoms with Crippen LogP contribution in [0.5, 0.6) is 0 Å². The maximum Gasteiger partial charge on any atom is 0.188 e. The van der Waals surface area contributed by atoms with Gasteiger partial charge in [0.25, 0.3) is 0 Å². The summed E-state index contributed by atoms with van der Waals surface area (Å²) in [6.07, 6.45) is 0. The molecule has 0 aliphatic rings. The molecular weight excluding hydrogens is 280 g/mol. The standard InChI is InChI=1S/2C9H10O2/c2*1-11-7-9(10)8-5-3-2-4-6-8/h2*2-6H,7H2,1H3. The third kappa shape index (κ3) is 6.43. The number of hydrogen-bond donors (Lipinski definition) is 0. The Labute approximate surface area is 130 Å². The van der Waals surface area contributed by atoms with Crippen LogP contribution in [-0.4, -0.2) is 39.0 Å². The van der Waals surface area contributed by atoms with E-state index in [0.29, 0.717) is 11.1 Å². The molecular formula is C18H20O4. The predicted octanol–water partition coefficient (Wildman–Crippen LogP) is 3.03. The van der Waals surface area contributed by atoms with Crippen molar-refractivity contribution in [3.8, 4) is 0 Å². The monoisotopic (exact) mass is 300 g/mol. The molecule has 0 spiro atoms. The first kappa shape index (κ1) is 17.8. The Morgan fingerprint density at radius 1 is 0.682 bits per heavy atom. The van der Waals surface area contributed by atoms with Crippen LogP contribution < -0.4 is 0 Å². The summed E-state index contributed by atoms with van der Waals surface area (Å²) in [5, 5.41) is 0. The molecule has 116 valence electrons. The number of hydrogen-bond acceptors (Lipinski definition) is 4. The Morgan fingerprint density at radius 2 is 1.00 bits per heavy atom. The van der Waals surface area contributed by atoms with Crippen molar-refractivity contribution >= 4 is 11.6 Å². The number of benzene rings is 2. The quantitative estimate of drug-likeness (QED) is 0.769. The van der Waals surface area contributed by atoms with Gasteiger partial charge >= 0.3 is 0 Å². The Morgan fingerprint density at radius 3 is 1.27 bits per heavy atom. The van der Waals surface area contributed by atoms with Crippen LogP contribution in [0.3, 0.4) is 0 Å². The van der Waals surface area contributed by atoms with Crippen molar-refractivity contribution in [3.63, 3.8) is 0 Å². The molecule has 0 aliphatic heterocycles. The zero-order valence-corrected chi connectivity index (χ0v) is 12.8. The highest BCUT2D eigenvalue weighted by Gasteiger charge is 2.02. The predicted molar refractivity (Wildman–Crippen MR) is 85.3 cm³/mol. The fourth-order valence-electron chi connectivity index (χ4n) is 1.68. The lowest BCUT2D eigenvalue weighted by Crippen LogP contribution is -2.06. The zero-order chi connectivity index (χ0) is 16.2. The Bertz CT molecular complexity index is 511. The van der Waals surface area contributed by atoms with Gasteiger partial charge in [-0.05, 0) is 0 Å². The number of carbonyl (C=O) groups excluding carboxylic acids is 2. The van der Waals surface area contributed by atoms with E-state index in [0.717, 1.165) is 0 Å². The Kier molecular flexibility index (Phi) is 8.42. The average Bonchev–Trinajstić information content (AvgIpc) is 2.57. The lowest BCUT2D eigenvalue weighted by atomic mass is 10.1. The van der Waals surface area contributed by atoms with Gasteiger partial charge < -0.3 is 9.47 Å². The summed E-state index contributed by atoms with van der Waals surface area (Å²) in [7, 11) is 3.03. The number of ether oxygens (including phenoxy) is 2. The topological polar surface area (TPSA) is 52.6 Å². The molecule has 2 aromatic rings. The number of rotatable bonds is 6. The molecule has 0 radical (unpaired) electrons. The van der Waals surface area contributed by atoms with Crippen LogP contribution in [0, 0.1) is 0 Å². The zero-order valence-electron chi connectivity index (χ0n) is 12.8. The van der Waals surface area contributed by atoms with Crippen LogP contribution in [0.1, 0.15) is 20.7 Å². The van der Waals surface area contributed by atoms with Crippen molar-refractivity contribution in [2.24, 2.45) is 0 Å². The summed E-state index contributed by atoms with van der Waals surface area (Å²) < 4.78 is 9.42. The summed E-state index contributed by atoms with van der Waals surface area (Å²) in [5.41, 5.74) is 1.41. The van der Waals surface area contributed by atoms with Crippen molar-refractivity contribution in [2.45, 2.75) is 0 Å². The van der Waals surface area contributed by atoms with E-state index in [4.69, 9.17) is 9.47 Å². The van der Waals surface area contributed by atoms with Gasteiger partial charge in [-0.2, -0.15) is 0 Å². The number of carbonyl (C=O) groups is 2. The van der Waals surface area contributed by atoms with Gasteiger partial charge in [-0.1, -0.05) is 60.7 Å². The molecule has 0 amide bonds. The van der Waals surface area contributed by atoms with Crippen molar-refractivity contribution in [1.82, 2.24) is 0 Å². The molecule has 4 nitrogen and oxygen atoms in total. The van der Waals surface area contributed by atoms with Gasteiger partial charge in [-0.25, -0.2) is 0 Å². The minimum Gasteiger partial charge on any atom is -0.377 e. The summed E-state index contributed by atoms with van der Waals surface area (Å²) in [4.78, 5) is 22.2. The van der Waals surface area contributed by atoms with E-state index >= 15 is 0 Å². The molecule has 0 N–H and O–H groups in total. The lowest BCUT2D eigenvalue weighted by Gasteiger charge is -1.97. The molecule has 22 heavy (non-hydrogen) atoms. The van der Waals surface area contributed by atoms with Crippen LogP contribution in [-0.2, 0) is 9.47 Å². The minimum absolute atomic E-state index is 0.0214. The highest BCUT2D eigenvalue weighted by molar-refractivity contribution is 5.97. The molecule has 4 heteroatoms. The van der Waals surface area contributed by atoms with Gasteiger partial charge in [0.1, 0.15) is 13.2 Å². The SMILES string of the molecule is COCC(=O)c1ccccc1.COCC(=O)c1ccccc1. The van der Waals surface area contributed by atoms with E-state index in [2.05, 4.69) is 0 Å². The van der Waals surface area contributed by atoms with Crippen LogP contribution in [0.15, 0.2) is 60.7 Å². The van der Waals surface area contributed by atoms with E-state index in [1.54, 1.807) is 24.3 Å². The van der Waals surface area contributed by atoms with Crippen molar-refractivity contribution in [3.05, 3.63) is 71.8 Å². The number of Topliss-reactive ketones (excluding diaryl/α,β-unsaturated/α-hetero) is 2. The molecule has 0 saturated carbocycles. The molecule has 0 heterocycles. The van der Waals surface area contributed by atoms with E-state index in [1.807, 2.05) is 36.4 Å². The van der Waals surface area contributed by atoms with Crippen molar-refractivity contribution in [2.75, 3.05) is 27.4 Å². The molecule has 2 rings (SSSR count). The molecule has 0 unspecified atom stereocenters. The summed E-state index contributed by atoms with van der Waals surface area (Å²) in [6, 6.07) is 18.2. The van der Waals surface area contributed by atoms with Gasteiger partial charge in [0.05, 0.1) is 0 Å². The van der Waals surface area contributed by atoms with Crippen LogP contribution in [0.25, 0.3) is 0 Å². The maximum absolute atomic E-state index is 11.1. The third-order valence-electron chi connectivity index (χ3n) is 2.74. The first-order valence-electron chi connectivity index (χ1n) is 6.83. The fourth-order valence-corrected chi connectivity index (χ4v) is 1.68. The summed E-state index contributed by atoms with van der Waals surface area (Å²) >= 11 is 0. The van der Waals surface area contributed by atoms with E-state index < -0.39 is 0 Å². The molecule has 0 fully saturated rings. The highest BCUT2D eigenvalue weighted by Crippen LogP contribution is 2.00. The average molecular weight is 300 g/mol. The largest absolute Gasteiger partial charge is 0.377 e. The second kappa shape index (κ2) is 10.4. The fraction of sp³-hybridized carbons (Fsp3) is 0.222. The number of methoxy groups -OCH3 is 2. The van der Waals surface area contributed by atoms with Gasteiger partial charge in [0.15, 0.2) is 11.6 Å². The first-order chi connectivity index (χ1) is 10.7. The molecule has 0 aromatic heterocycles. The van der Waals surface area contributed by atoms with Crippen LogP contribution in [0.4, 0.5) is 0 Å². The third-order valence-corrected chi connectivity index (χ3v) is 2.74.